The molecule has 10 heteroatoms. The third-order valence-corrected chi connectivity index (χ3v) is 5.83. The number of piperazine rings is 1. The Balaban J connectivity index is 1.71. The molecule has 2 atom stereocenters. The van der Waals surface area contributed by atoms with Crippen molar-refractivity contribution in [2.75, 3.05) is 53.4 Å². The fourth-order valence-corrected chi connectivity index (χ4v) is 4.08. The SMILES string of the molecule is CCCCCCN1C(N2CCN(CC(=O)OC)CC2)=NC2C1C(=O)NC(=O)N2C. The number of hydrogen-bond donors (Lipinski definition) is 1. The number of esters is 1. The molecule has 1 N–H and O–H groups in total. The first kappa shape index (κ1) is 21.4. The molecule has 3 aliphatic heterocycles. The minimum atomic E-state index is -0.495. The number of hydrogen-bond acceptors (Lipinski definition) is 8. The van der Waals surface area contributed by atoms with Gasteiger partial charge in [-0.15, -0.1) is 0 Å². The van der Waals surface area contributed by atoms with Crippen molar-refractivity contribution in [2.45, 2.75) is 44.8 Å². The number of fused-ring (bicyclic) bond motifs is 1. The van der Waals surface area contributed by atoms with Crippen molar-refractivity contribution in [3.05, 3.63) is 0 Å². The zero-order valence-electron chi connectivity index (χ0n) is 17.6. The normalized spacial score (nSPS) is 25.1. The molecule has 162 valence electrons. The van der Waals surface area contributed by atoms with Gasteiger partial charge in [-0.25, -0.2) is 9.79 Å². The third-order valence-electron chi connectivity index (χ3n) is 5.83. The van der Waals surface area contributed by atoms with Gasteiger partial charge in [0.1, 0.15) is 0 Å². The molecule has 3 rings (SSSR count). The molecule has 3 heterocycles. The molecule has 3 aliphatic rings. The van der Waals surface area contributed by atoms with Gasteiger partial charge >= 0.3 is 12.0 Å². The number of urea groups is 1. The van der Waals surface area contributed by atoms with Gasteiger partial charge in [0.15, 0.2) is 18.2 Å². The fourth-order valence-electron chi connectivity index (χ4n) is 4.08. The van der Waals surface area contributed by atoms with Crippen molar-refractivity contribution in [3.8, 4) is 0 Å². The molecule has 0 aromatic rings. The molecular formula is C19H32N6O4. The lowest BCUT2D eigenvalue weighted by Gasteiger charge is -2.40. The van der Waals surface area contributed by atoms with Gasteiger partial charge in [-0.1, -0.05) is 26.2 Å². The second-order valence-electron chi connectivity index (χ2n) is 7.79. The molecule has 0 saturated carbocycles. The summed E-state index contributed by atoms with van der Waals surface area (Å²) in [4.78, 5) is 48.8. The van der Waals surface area contributed by atoms with Crippen LogP contribution < -0.4 is 5.32 Å². The number of rotatable bonds is 7. The number of aliphatic imine (C=N–C) groups is 1. The maximum atomic E-state index is 12.6. The molecule has 0 bridgehead atoms. The number of methoxy groups -OCH3 is 1. The van der Waals surface area contributed by atoms with Crippen molar-refractivity contribution in [1.82, 2.24) is 24.9 Å². The molecule has 3 amide bonds. The lowest BCUT2D eigenvalue weighted by molar-refractivity contribution is -0.142. The highest BCUT2D eigenvalue weighted by Gasteiger charge is 2.49. The van der Waals surface area contributed by atoms with Crippen molar-refractivity contribution in [3.63, 3.8) is 0 Å². The standard InChI is InChI=1S/C19H32N6O4/c1-4-5-6-7-8-25-15-16(22(2)19(28)21-17(15)27)20-18(25)24-11-9-23(10-12-24)13-14(26)29-3/h15-16H,4-13H2,1-3H3,(H,21,27,28). The zero-order valence-corrected chi connectivity index (χ0v) is 17.6. The highest BCUT2D eigenvalue weighted by atomic mass is 16.5. The van der Waals surface area contributed by atoms with E-state index in [1.807, 2.05) is 0 Å². The van der Waals surface area contributed by atoms with Crippen LogP contribution in [0.15, 0.2) is 4.99 Å². The number of ether oxygens (including phenoxy) is 1. The second kappa shape index (κ2) is 9.43. The number of carbonyl (C=O) groups is 3. The zero-order chi connectivity index (χ0) is 21.0. The molecule has 0 aromatic heterocycles. The van der Waals surface area contributed by atoms with E-state index in [4.69, 9.17) is 9.73 Å². The van der Waals surface area contributed by atoms with E-state index < -0.39 is 18.2 Å². The van der Waals surface area contributed by atoms with E-state index in [0.717, 1.165) is 38.2 Å². The van der Waals surface area contributed by atoms with Crippen LogP contribution in [-0.2, 0) is 14.3 Å². The summed E-state index contributed by atoms with van der Waals surface area (Å²) >= 11 is 0. The van der Waals surface area contributed by atoms with E-state index in [0.29, 0.717) is 26.2 Å². The summed E-state index contributed by atoms with van der Waals surface area (Å²) in [5, 5.41) is 2.45. The Morgan fingerprint density at radius 3 is 2.55 bits per heavy atom. The average Bonchev–Trinajstić information content (AvgIpc) is 3.10. The van der Waals surface area contributed by atoms with Crippen LogP contribution in [0.25, 0.3) is 0 Å². The summed E-state index contributed by atoms with van der Waals surface area (Å²) in [6.45, 7) is 6.03. The maximum absolute atomic E-state index is 12.6. The Kier molecular flexibility index (Phi) is 6.94. The number of nitrogens with one attached hydrogen (secondary N) is 1. The minimum absolute atomic E-state index is 0.239. The van der Waals surface area contributed by atoms with Crippen molar-refractivity contribution in [1.29, 1.82) is 0 Å². The summed E-state index contributed by atoms with van der Waals surface area (Å²) in [6.07, 6.45) is 3.88. The predicted molar refractivity (Wildman–Crippen MR) is 107 cm³/mol. The molecule has 29 heavy (non-hydrogen) atoms. The highest BCUT2D eigenvalue weighted by molar-refractivity contribution is 6.03. The Morgan fingerprint density at radius 2 is 1.90 bits per heavy atom. The monoisotopic (exact) mass is 408 g/mol. The summed E-state index contributed by atoms with van der Waals surface area (Å²) < 4.78 is 4.75. The Labute approximate surface area is 171 Å². The Hall–Kier alpha value is -2.36. The number of unbranched alkanes of at least 4 members (excludes halogenated alkanes) is 3. The predicted octanol–water partition coefficient (Wildman–Crippen LogP) is -0.0948. The molecule has 0 spiro atoms. The van der Waals surface area contributed by atoms with Crippen LogP contribution in [0, 0.1) is 0 Å². The van der Waals surface area contributed by atoms with Gasteiger partial charge in [0.25, 0.3) is 5.91 Å². The first-order valence-corrected chi connectivity index (χ1v) is 10.4. The molecular weight excluding hydrogens is 376 g/mol. The summed E-state index contributed by atoms with van der Waals surface area (Å²) in [7, 11) is 3.07. The summed E-state index contributed by atoms with van der Waals surface area (Å²) in [6, 6.07) is -0.891. The van der Waals surface area contributed by atoms with E-state index in [2.05, 4.69) is 26.9 Å². The summed E-state index contributed by atoms with van der Waals surface area (Å²) in [5.74, 6) is 0.264. The van der Waals surface area contributed by atoms with E-state index in [-0.39, 0.29) is 18.4 Å². The van der Waals surface area contributed by atoms with Crippen LogP contribution in [0.5, 0.6) is 0 Å². The molecule has 2 unspecified atom stereocenters. The van der Waals surface area contributed by atoms with Crippen molar-refractivity contribution in [2.24, 2.45) is 4.99 Å². The van der Waals surface area contributed by atoms with Crippen LogP contribution in [0.3, 0.4) is 0 Å². The Bertz CT molecular complexity index is 661. The van der Waals surface area contributed by atoms with Crippen LogP contribution in [0.4, 0.5) is 4.79 Å². The van der Waals surface area contributed by atoms with Gasteiger partial charge in [-0.2, -0.15) is 0 Å². The first-order valence-electron chi connectivity index (χ1n) is 10.4. The maximum Gasteiger partial charge on any atom is 0.325 e. The van der Waals surface area contributed by atoms with Crippen LogP contribution in [0.1, 0.15) is 32.6 Å². The lowest BCUT2D eigenvalue weighted by atomic mass is 10.1. The fraction of sp³-hybridized carbons (Fsp3) is 0.789. The first-order chi connectivity index (χ1) is 14.0. The van der Waals surface area contributed by atoms with Crippen molar-refractivity contribution < 1.29 is 19.1 Å². The molecule has 2 fully saturated rings. The van der Waals surface area contributed by atoms with Gasteiger partial charge < -0.3 is 19.4 Å². The van der Waals surface area contributed by atoms with Crippen LogP contribution in [0.2, 0.25) is 0 Å². The van der Waals surface area contributed by atoms with Gasteiger partial charge in [0.2, 0.25) is 0 Å². The minimum Gasteiger partial charge on any atom is -0.468 e. The third kappa shape index (κ3) is 4.63. The quantitative estimate of drug-likeness (QED) is 0.464. The smallest absolute Gasteiger partial charge is 0.325 e. The van der Waals surface area contributed by atoms with Gasteiger partial charge in [0.05, 0.1) is 13.7 Å². The lowest BCUT2D eigenvalue weighted by Crippen LogP contribution is -2.64. The molecule has 0 radical (unpaired) electrons. The van der Waals surface area contributed by atoms with Gasteiger partial charge in [-0.05, 0) is 6.42 Å². The molecule has 0 aliphatic carbocycles. The second-order valence-corrected chi connectivity index (χ2v) is 7.79. The van der Waals surface area contributed by atoms with E-state index in [1.54, 1.807) is 7.05 Å². The topological polar surface area (TPSA) is 97.8 Å². The number of likely N-dealkylation sites (N-methyl/N-ethyl adjacent to an activating group) is 1. The molecule has 2 saturated heterocycles. The number of guanidine groups is 1. The summed E-state index contributed by atoms with van der Waals surface area (Å²) in [5.41, 5.74) is 0. The van der Waals surface area contributed by atoms with Gasteiger partial charge in [0, 0.05) is 39.8 Å². The molecule has 10 nitrogen and oxygen atoms in total. The van der Waals surface area contributed by atoms with E-state index >= 15 is 0 Å². The number of nitrogens with zero attached hydrogens (tertiary/aromatic N) is 5. The number of carbonyl (C=O) groups excluding carboxylic acids is 3. The van der Waals surface area contributed by atoms with Gasteiger partial charge in [-0.3, -0.25) is 19.8 Å². The highest BCUT2D eigenvalue weighted by Crippen LogP contribution is 2.26. The Morgan fingerprint density at radius 1 is 1.17 bits per heavy atom. The van der Waals surface area contributed by atoms with E-state index in [1.165, 1.54) is 12.0 Å². The van der Waals surface area contributed by atoms with Crippen molar-refractivity contribution >= 4 is 23.9 Å². The van der Waals surface area contributed by atoms with Crippen LogP contribution in [-0.4, -0.2) is 109 Å². The largest absolute Gasteiger partial charge is 0.468 e. The number of imide groups is 1. The number of amides is 3. The molecule has 0 aromatic carbocycles. The van der Waals surface area contributed by atoms with Crippen LogP contribution >= 0.6 is 0 Å². The average molecular weight is 409 g/mol. The van der Waals surface area contributed by atoms with E-state index in [9.17, 15) is 14.4 Å².